The van der Waals surface area contributed by atoms with Crippen LogP contribution in [0.4, 0.5) is 4.39 Å². The Kier molecular flexibility index (Phi) is 9.99. The Labute approximate surface area is 170 Å². The fourth-order valence-electron chi connectivity index (χ4n) is 2.36. The van der Waals surface area contributed by atoms with E-state index in [1.165, 1.54) is 17.7 Å². The Morgan fingerprint density at radius 2 is 2.04 bits per heavy atom. The predicted octanol–water partition coefficient (Wildman–Crippen LogP) is 4.29. The molecule has 4 nitrogen and oxygen atoms in total. The lowest BCUT2D eigenvalue weighted by Crippen LogP contribution is -2.38. The summed E-state index contributed by atoms with van der Waals surface area (Å²) in [5.41, 5.74) is 2.17. The van der Waals surface area contributed by atoms with Crippen LogP contribution >= 0.6 is 35.3 Å². The molecule has 7 heteroatoms. The van der Waals surface area contributed by atoms with Gasteiger partial charge >= 0.3 is 0 Å². The number of thiophene rings is 1. The normalized spacial score (nSPS) is 12.4. The highest BCUT2D eigenvalue weighted by Gasteiger charge is 2.12. The summed E-state index contributed by atoms with van der Waals surface area (Å²) in [7, 11) is 3.66. The first-order valence-corrected chi connectivity index (χ1v) is 8.87. The third-order valence-electron chi connectivity index (χ3n) is 3.63. The molecule has 25 heavy (non-hydrogen) atoms. The summed E-state index contributed by atoms with van der Waals surface area (Å²) < 4.78 is 18.6. The highest BCUT2D eigenvalue weighted by Crippen LogP contribution is 2.17. The average Bonchev–Trinajstić information content (AvgIpc) is 3.08. The molecule has 0 aliphatic carbocycles. The van der Waals surface area contributed by atoms with Crippen molar-refractivity contribution in [3.63, 3.8) is 0 Å². The van der Waals surface area contributed by atoms with Gasteiger partial charge in [-0.05, 0) is 47.0 Å². The molecule has 0 amide bonds. The van der Waals surface area contributed by atoms with Gasteiger partial charge in [0.15, 0.2) is 5.96 Å². The number of rotatable bonds is 7. The summed E-state index contributed by atoms with van der Waals surface area (Å²) in [4.78, 5) is 6.77. The molecule has 1 aromatic carbocycles. The predicted molar refractivity (Wildman–Crippen MR) is 113 cm³/mol. The number of guanidine groups is 1. The van der Waals surface area contributed by atoms with Crippen molar-refractivity contribution in [3.8, 4) is 0 Å². The van der Waals surface area contributed by atoms with E-state index in [-0.39, 0.29) is 35.9 Å². The number of hydrogen-bond donors (Lipinski definition) is 1. The quantitative estimate of drug-likeness (QED) is 0.367. The smallest absolute Gasteiger partial charge is 0.194 e. The Morgan fingerprint density at radius 1 is 1.32 bits per heavy atom. The molecule has 1 aromatic heterocycles. The third-order valence-corrected chi connectivity index (χ3v) is 4.36. The van der Waals surface area contributed by atoms with Gasteiger partial charge in [0, 0.05) is 27.2 Å². The lowest BCUT2D eigenvalue weighted by Gasteiger charge is -2.22. The van der Waals surface area contributed by atoms with Crippen molar-refractivity contribution in [1.29, 1.82) is 0 Å². The van der Waals surface area contributed by atoms with Gasteiger partial charge in [0.25, 0.3) is 0 Å². The molecule has 1 unspecified atom stereocenters. The van der Waals surface area contributed by atoms with Gasteiger partial charge in [-0.3, -0.25) is 4.99 Å². The van der Waals surface area contributed by atoms with Crippen molar-refractivity contribution >= 4 is 41.3 Å². The molecule has 1 N–H and O–H groups in total. The van der Waals surface area contributed by atoms with Crippen LogP contribution in [-0.2, 0) is 11.3 Å². The summed E-state index contributed by atoms with van der Waals surface area (Å²) in [6.45, 7) is 4.10. The van der Waals surface area contributed by atoms with Gasteiger partial charge in [-0.2, -0.15) is 11.3 Å². The molecule has 0 saturated heterocycles. The molecular weight excluding hydrogens is 452 g/mol. The fourth-order valence-corrected chi connectivity index (χ4v) is 3.02. The number of nitrogens with one attached hydrogen (secondary N) is 1. The van der Waals surface area contributed by atoms with Gasteiger partial charge in [0.2, 0.25) is 0 Å². The minimum absolute atomic E-state index is 0. The van der Waals surface area contributed by atoms with Crippen LogP contribution in [0, 0.1) is 5.82 Å². The molecule has 0 fully saturated rings. The van der Waals surface area contributed by atoms with Crippen LogP contribution in [0.1, 0.15) is 24.2 Å². The van der Waals surface area contributed by atoms with Crippen molar-refractivity contribution in [2.45, 2.75) is 19.6 Å². The molecule has 0 spiro atoms. The van der Waals surface area contributed by atoms with Crippen LogP contribution in [-0.4, -0.2) is 38.1 Å². The third kappa shape index (κ3) is 6.91. The van der Waals surface area contributed by atoms with Crippen LogP contribution in [0.25, 0.3) is 0 Å². The second-order valence-electron chi connectivity index (χ2n) is 5.46. The van der Waals surface area contributed by atoms with Crippen molar-refractivity contribution < 1.29 is 9.13 Å². The van der Waals surface area contributed by atoms with Gasteiger partial charge in [0.05, 0.1) is 6.54 Å². The van der Waals surface area contributed by atoms with Crippen molar-refractivity contribution in [3.05, 3.63) is 58.0 Å². The highest BCUT2D eigenvalue weighted by molar-refractivity contribution is 14.0. The summed E-state index contributed by atoms with van der Waals surface area (Å²) in [6, 6.07) is 8.47. The number of nitrogens with zero attached hydrogens (tertiary/aromatic N) is 2. The fraction of sp³-hybridized carbons (Fsp3) is 0.389. The molecule has 0 aliphatic heterocycles. The van der Waals surface area contributed by atoms with Crippen molar-refractivity contribution in [1.82, 2.24) is 10.2 Å². The van der Waals surface area contributed by atoms with Crippen LogP contribution < -0.4 is 5.32 Å². The van der Waals surface area contributed by atoms with E-state index < -0.39 is 0 Å². The van der Waals surface area contributed by atoms with Crippen LogP contribution in [0.3, 0.4) is 0 Å². The van der Waals surface area contributed by atoms with Gasteiger partial charge in [-0.25, -0.2) is 4.39 Å². The molecular formula is C18H25FIN3OS. The zero-order valence-electron chi connectivity index (χ0n) is 14.7. The first kappa shape index (κ1) is 21.9. The number of benzene rings is 1. The summed E-state index contributed by atoms with van der Waals surface area (Å²) in [5, 5.41) is 7.51. The summed E-state index contributed by atoms with van der Waals surface area (Å²) in [5.74, 6) is 0.578. The maximum atomic E-state index is 13.1. The van der Waals surface area contributed by atoms with E-state index in [9.17, 15) is 4.39 Å². The molecule has 0 aliphatic rings. The van der Waals surface area contributed by atoms with Crippen LogP contribution in [0.5, 0.6) is 0 Å². The Morgan fingerprint density at radius 3 is 2.60 bits per heavy atom. The number of ether oxygens (including phenoxy) is 1. The topological polar surface area (TPSA) is 36.9 Å². The van der Waals surface area contributed by atoms with E-state index in [1.54, 1.807) is 30.6 Å². The largest absolute Gasteiger partial charge is 0.375 e. The maximum absolute atomic E-state index is 13.1. The van der Waals surface area contributed by atoms with E-state index >= 15 is 0 Å². The van der Waals surface area contributed by atoms with Crippen molar-refractivity contribution in [2.75, 3.05) is 27.2 Å². The zero-order valence-corrected chi connectivity index (χ0v) is 17.9. The van der Waals surface area contributed by atoms with E-state index in [2.05, 4.69) is 32.0 Å². The number of methoxy groups -OCH3 is 1. The highest BCUT2D eigenvalue weighted by atomic mass is 127. The molecule has 1 atom stereocenters. The van der Waals surface area contributed by atoms with Gasteiger partial charge in [-0.15, -0.1) is 24.0 Å². The average molecular weight is 477 g/mol. The number of hydrogen-bond acceptors (Lipinski definition) is 3. The molecule has 138 valence electrons. The second-order valence-corrected chi connectivity index (χ2v) is 6.24. The number of halogens is 2. The van der Waals surface area contributed by atoms with Crippen molar-refractivity contribution in [2.24, 2.45) is 4.99 Å². The molecule has 1 heterocycles. The van der Waals surface area contributed by atoms with Gasteiger partial charge < -0.3 is 15.0 Å². The van der Waals surface area contributed by atoms with E-state index in [1.807, 2.05) is 14.0 Å². The lowest BCUT2D eigenvalue weighted by atomic mass is 10.1. The first-order valence-electron chi connectivity index (χ1n) is 7.92. The first-order chi connectivity index (χ1) is 11.6. The van der Waals surface area contributed by atoms with E-state index in [4.69, 9.17) is 4.74 Å². The molecule has 0 radical (unpaired) electrons. The van der Waals surface area contributed by atoms with Crippen LogP contribution in [0.2, 0.25) is 0 Å². The Bertz CT molecular complexity index is 634. The molecule has 0 bridgehead atoms. The lowest BCUT2D eigenvalue weighted by molar-refractivity contribution is 0.110. The summed E-state index contributed by atoms with van der Waals surface area (Å²) in [6.07, 6.45) is -0.200. The summed E-state index contributed by atoms with van der Waals surface area (Å²) >= 11 is 1.69. The van der Waals surface area contributed by atoms with Crippen LogP contribution in [0.15, 0.2) is 46.1 Å². The van der Waals surface area contributed by atoms with E-state index in [0.717, 1.165) is 24.6 Å². The molecule has 0 saturated carbocycles. The Balaban J connectivity index is 0.00000312. The SMILES string of the molecule is CCNC(=NCC(OC)c1ccc(F)cc1)N(C)Cc1ccsc1.I. The van der Waals surface area contributed by atoms with Gasteiger partial charge in [-0.1, -0.05) is 12.1 Å². The van der Waals surface area contributed by atoms with E-state index in [0.29, 0.717) is 6.54 Å². The number of aliphatic imine (C=N–C) groups is 1. The zero-order chi connectivity index (χ0) is 17.4. The standard InChI is InChI=1S/C18H24FN3OS.HI/c1-4-20-18(22(2)12-14-9-10-24-13-14)21-11-17(23-3)15-5-7-16(19)8-6-15;/h5-10,13,17H,4,11-12H2,1-3H3,(H,20,21);1H. The Hall–Kier alpha value is -1.19. The minimum atomic E-state index is -0.249. The minimum Gasteiger partial charge on any atom is -0.375 e. The monoisotopic (exact) mass is 477 g/mol. The van der Waals surface area contributed by atoms with Gasteiger partial charge in [0.1, 0.15) is 11.9 Å². The molecule has 2 rings (SSSR count). The maximum Gasteiger partial charge on any atom is 0.194 e. The molecule has 2 aromatic rings. The second kappa shape index (κ2) is 11.4.